The first-order valence-electron chi connectivity index (χ1n) is 7.68. The van der Waals surface area contributed by atoms with Crippen molar-refractivity contribution in [3.8, 4) is 0 Å². The smallest absolute Gasteiger partial charge is 0.255 e. The number of nitrogen functional groups attached to an aromatic ring is 1. The second kappa shape index (κ2) is 7.79. The summed E-state index contributed by atoms with van der Waals surface area (Å²) in [6, 6.07) is 12.7. The number of nitrogens with zero attached hydrogens (tertiary/aromatic N) is 2. The standard InChI is InChI=1S/C18H15ClFN5O/c19-15-16(21)23-10-24-17(15)22-9-11-3-1-6-14(7-11)25-18(26)12-4-2-5-13(20)8-12/h1-8,10H,9H2,(H,25,26)(H3,21,22,23,24). The Morgan fingerprint density at radius 2 is 1.96 bits per heavy atom. The molecule has 0 radical (unpaired) electrons. The van der Waals surface area contributed by atoms with Crippen molar-refractivity contribution in [2.24, 2.45) is 0 Å². The van der Waals surface area contributed by atoms with Crippen molar-refractivity contribution in [1.82, 2.24) is 9.97 Å². The van der Waals surface area contributed by atoms with Gasteiger partial charge in [-0.3, -0.25) is 4.79 Å². The van der Waals surface area contributed by atoms with Crippen LogP contribution in [0, 0.1) is 5.82 Å². The third kappa shape index (κ3) is 4.25. The number of nitrogens with one attached hydrogen (secondary N) is 2. The number of benzene rings is 2. The third-order valence-electron chi connectivity index (χ3n) is 3.55. The van der Waals surface area contributed by atoms with Crippen LogP contribution in [0.2, 0.25) is 5.02 Å². The topological polar surface area (TPSA) is 92.9 Å². The molecule has 0 fully saturated rings. The number of carbonyl (C=O) groups excluding carboxylic acids is 1. The fraction of sp³-hybridized carbons (Fsp3) is 0.0556. The molecule has 0 aliphatic carbocycles. The molecular formula is C18H15ClFN5O. The van der Waals surface area contributed by atoms with Crippen LogP contribution in [-0.4, -0.2) is 15.9 Å². The minimum absolute atomic E-state index is 0.195. The van der Waals surface area contributed by atoms with Crippen LogP contribution in [0.1, 0.15) is 15.9 Å². The van der Waals surface area contributed by atoms with E-state index in [1.165, 1.54) is 24.5 Å². The zero-order chi connectivity index (χ0) is 18.5. The van der Waals surface area contributed by atoms with Gasteiger partial charge in [-0.1, -0.05) is 29.8 Å². The Labute approximate surface area is 154 Å². The van der Waals surface area contributed by atoms with Crippen molar-refractivity contribution in [2.75, 3.05) is 16.4 Å². The molecule has 4 N–H and O–H groups in total. The number of amides is 1. The summed E-state index contributed by atoms with van der Waals surface area (Å²) in [6.07, 6.45) is 1.32. The van der Waals surface area contributed by atoms with Crippen LogP contribution in [0.25, 0.3) is 0 Å². The summed E-state index contributed by atoms with van der Waals surface area (Å²) in [5.41, 5.74) is 7.36. The number of anilines is 3. The molecule has 2 aromatic carbocycles. The summed E-state index contributed by atoms with van der Waals surface area (Å²) in [7, 11) is 0. The monoisotopic (exact) mass is 371 g/mol. The van der Waals surface area contributed by atoms with Crippen LogP contribution in [0.4, 0.5) is 21.7 Å². The maximum absolute atomic E-state index is 13.2. The van der Waals surface area contributed by atoms with Crippen LogP contribution in [-0.2, 0) is 6.54 Å². The first-order valence-corrected chi connectivity index (χ1v) is 8.06. The highest BCUT2D eigenvalue weighted by atomic mass is 35.5. The molecule has 132 valence electrons. The largest absolute Gasteiger partial charge is 0.382 e. The molecule has 26 heavy (non-hydrogen) atoms. The second-order valence-electron chi connectivity index (χ2n) is 5.44. The molecule has 0 unspecified atom stereocenters. The Bertz CT molecular complexity index is 950. The average molecular weight is 372 g/mol. The Morgan fingerprint density at radius 1 is 1.15 bits per heavy atom. The molecule has 0 atom stereocenters. The van der Waals surface area contributed by atoms with Crippen molar-refractivity contribution in [3.05, 3.63) is 76.8 Å². The van der Waals surface area contributed by atoms with E-state index in [2.05, 4.69) is 20.6 Å². The first kappa shape index (κ1) is 17.6. The molecule has 3 aromatic rings. The Balaban J connectivity index is 1.68. The number of aromatic nitrogens is 2. The van der Waals surface area contributed by atoms with Crippen molar-refractivity contribution in [2.45, 2.75) is 6.54 Å². The van der Waals surface area contributed by atoms with Gasteiger partial charge in [0.25, 0.3) is 5.91 Å². The summed E-state index contributed by atoms with van der Waals surface area (Å²) in [5.74, 6) is -0.230. The van der Waals surface area contributed by atoms with Crippen LogP contribution >= 0.6 is 11.6 Å². The van der Waals surface area contributed by atoms with E-state index in [0.29, 0.717) is 18.1 Å². The molecule has 1 aromatic heterocycles. The SMILES string of the molecule is Nc1ncnc(NCc2cccc(NC(=O)c3cccc(F)c3)c2)c1Cl. The van der Waals surface area contributed by atoms with E-state index in [0.717, 1.165) is 5.56 Å². The number of rotatable bonds is 5. The predicted molar refractivity (Wildman–Crippen MR) is 99.6 cm³/mol. The highest BCUT2D eigenvalue weighted by Crippen LogP contribution is 2.24. The van der Waals surface area contributed by atoms with E-state index in [4.69, 9.17) is 17.3 Å². The summed E-state index contributed by atoms with van der Waals surface area (Å²) in [4.78, 5) is 20.0. The summed E-state index contributed by atoms with van der Waals surface area (Å²) < 4.78 is 13.2. The molecule has 0 spiro atoms. The van der Waals surface area contributed by atoms with E-state index in [-0.39, 0.29) is 22.3 Å². The van der Waals surface area contributed by atoms with E-state index >= 15 is 0 Å². The minimum Gasteiger partial charge on any atom is -0.382 e. The average Bonchev–Trinajstić information content (AvgIpc) is 2.63. The van der Waals surface area contributed by atoms with Gasteiger partial charge in [0, 0.05) is 17.8 Å². The molecule has 1 amide bonds. The van der Waals surface area contributed by atoms with Gasteiger partial charge in [0.05, 0.1) is 0 Å². The summed E-state index contributed by atoms with van der Waals surface area (Å²) in [5, 5.41) is 6.06. The van der Waals surface area contributed by atoms with Crippen LogP contribution in [0.15, 0.2) is 54.9 Å². The van der Waals surface area contributed by atoms with Gasteiger partial charge < -0.3 is 16.4 Å². The Kier molecular flexibility index (Phi) is 5.28. The van der Waals surface area contributed by atoms with Gasteiger partial charge >= 0.3 is 0 Å². The molecule has 0 saturated heterocycles. The molecule has 0 aliphatic rings. The van der Waals surface area contributed by atoms with Crippen molar-refractivity contribution in [3.63, 3.8) is 0 Å². The summed E-state index contributed by atoms with van der Waals surface area (Å²) >= 11 is 6.04. The van der Waals surface area contributed by atoms with Crippen LogP contribution < -0.4 is 16.4 Å². The fourth-order valence-corrected chi connectivity index (χ4v) is 2.45. The van der Waals surface area contributed by atoms with Crippen molar-refractivity contribution >= 4 is 34.8 Å². The zero-order valence-corrected chi connectivity index (χ0v) is 14.3. The van der Waals surface area contributed by atoms with Gasteiger partial charge in [-0.05, 0) is 35.9 Å². The summed E-state index contributed by atoms with van der Waals surface area (Å²) in [6.45, 7) is 0.417. The number of carbonyl (C=O) groups is 1. The number of hydrogen-bond donors (Lipinski definition) is 3. The molecule has 0 saturated carbocycles. The highest BCUT2D eigenvalue weighted by Gasteiger charge is 2.08. The van der Waals surface area contributed by atoms with Gasteiger partial charge in [-0.15, -0.1) is 0 Å². The molecular weight excluding hydrogens is 357 g/mol. The van der Waals surface area contributed by atoms with E-state index in [1.54, 1.807) is 24.3 Å². The Morgan fingerprint density at radius 3 is 2.77 bits per heavy atom. The molecule has 0 aliphatic heterocycles. The van der Waals surface area contributed by atoms with Gasteiger partial charge in [0.15, 0.2) is 5.82 Å². The lowest BCUT2D eigenvalue weighted by molar-refractivity contribution is 0.102. The van der Waals surface area contributed by atoms with Crippen molar-refractivity contribution < 1.29 is 9.18 Å². The highest BCUT2D eigenvalue weighted by molar-refractivity contribution is 6.35. The first-order chi connectivity index (χ1) is 12.5. The zero-order valence-electron chi connectivity index (χ0n) is 13.5. The second-order valence-corrected chi connectivity index (χ2v) is 5.82. The molecule has 1 heterocycles. The lowest BCUT2D eigenvalue weighted by atomic mass is 10.1. The van der Waals surface area contributed by atoms with Gasteiger partial charge in [0.2, 0.25) is 0 Å². The Hall–Kier alpha value is -3.19. The van der Waals surface area contributed by atoms with Crippen molar-refractivity contribution in [1.29, 1.82) is 0 Å². The van der Waals surface area contributed by atoms with Gasteiger partial charge in [0.1, 0.15) is 23.0 Å². The van der Waals surface area contributed by atoms with Gasteiger partial charge in [-0.25, -0.2) is 14.4 Å². The van der Waals surface area contributed by atoms with Gasteiger partial charge in [-0.2, -0.15) is 0 Å². The van der Waals surface area contributed by atoms with Crippen LogP contribution in [0.3, 0.4) is 0 Å². The number of hydrogen-bond acceptors (Lipinski definition) is 5. The van der Waals surface area contributed by atoms with E-state index in [1.807, 2.05) is 6.07 Å². The molecule has 0 bridgehead atoms. The minimum atomic E-state index is -0.461. The number of nitrogens with two attached hydrogens (primary N) is 1. The van der Waals surface area contributed by atoms with Crippen LogP contribution in [0.5, 0.6) is 0 Å². The normalized spacial score (nSPS) is 10.4. The third-order valence-corrected chi connectivity index (χ3v) is 3.92. The molecule has 8 heteroatoms. The lowest BCUT2D eigenvalue weighted by Gasteiger charge is -2.10. The number of halogens is 2. The van der Waals surface area contributed by atoms with E-state index in [9.17, 15) is 9.18 Å². The fourth-order valence-electron chi connectivity index (χ4n) is 2.28. The maximum Gasteiger partial charge on any atom is 0.255 e. The predicted octanol–water partition coefficient (Wildman–Crippen LogP) is 3.72. The van der Waals surface area contributed by atoms with E-state index < -0.39 is 5.82 Å². The lowest BCUT2D eigenvalue weighted by Crippen LogP contribution is -2.12. The molecule has 6 nitrogen and oxygen atoms in total. The quantitative estimate of drug-likeness (QED) is 0.635. The maximum atomic E-state index is 13.2. The molecule has 3 rings (SSSR count).